The number of amides is 1. The number of nitrogens with one attached hydrogen (secondary N) is 1. The van der Waals surface area contributed by atoms with Crippen molar-refractivity contribution in [2.45, 2.75) is 6.10 Å². The van der Waals surface area contributed by atoms with Crippen molar-refractivity contribution in [3.63, 3.8) is 0 Å². The Hall–Kier alpha value is -2.65. The molecule has 3 rings (SSSR count). The van der Waals surface area contributed by atoms with Gasteiger partial charge in [-0.05, 0) is 30.3 Å². The van der Waals surface area contributed by atoms with Gasteiger partial charge in [0.15, 0.2) is 6.10 Å². The molecule has 1 N–H and O–H groups in total. The maximum atomic E-state index is 12.5. The van der Waals surface area contributed by atoms with E-state index < -0.39 is 22.0 Å². The van der Waals surface area contributed by atoms with E-state index in [2.05, 4.69) is 5.32 Å². The van der Waals surface area contributed by atoms with Crippen molar-refractivity contribution < 1.29 is 27.4 Å². The minimum Gasteiger partial charge on any atom is -0.497 e. The fourth-order valence-corrected chi connectivity index (χ4v) is 3.90. The topological polar surface area (TPSA) is 94.2 Å². The molecular formula is C19H21ClN2O6S. The standard InChI is InChI=1S/C19H21ClN2O6S/c1-26-14-4-3-5-15(11-14)27-9-8-21-19(23)18-12-22(29(2,24)25)16-10-13(20)6-7-17(16)28-18/h3-7,10-11,18H,8-9,12H2,1-2H3,(H,21,23)/t18-/m1/s1. The molecule has 1 amide bonds. The van der Waals surface area contributed by atoms with E-state index in [1.807, 2.05) is 0 Å². The van der Waals surface area contributed by atoms with Crippen LogP contribution in [0, 0.1) is 0 Å². The Labute approximate surface area is 174 Å². The first kappa shape index (κ1) is 21.1. The van der Waals surface area contributed by atoms with Crippen molar-refractivity contribution >= 4 is 33.2 Å². The molecule has 1 aliphatic heterocycles. The molecule has 156 valence electrons. The van der Waals surface area contributed by atoms with Gasteiger partial charge in [0.25, 0.3) is 5.91 Å². The van der Waals surface area contributed by atoms with E-state index in [0.717, 1.165) is 10.6 Å². The molecule has 1 atom stereocenters. The summed E-state index contributed by atoms with van der Waals surface area (Å²) in [6.45, 7) is 0.310. The second-order valence-corrected chi connectivity index (χ2v) is 8.67. The quantitative estimate of drug-likeness (QED) is 0.662. The molecule has 0 bridgehead atoms. The SMILES string of the molecule is COc1cccc(OCCNC(=O)[C@H]2CN(S(C)(=O)=O)c3cc(Cl)ccc3O2)c1. The van der Waals surface area contributed by atoms with Gasteiger partial charge in [0.2, 0.25) is 10.0 Å². The van der Waals surface area contributed by atoms with Crippen molar-refractivity contribution in [1.82, 2.24) is 5.32 Å². The largest absolute Gasteiger partial charge is 0.497 e. The number of sulfonamides is 1. The van der Waals surface area contributed by atoms with E-state index in [0.29, 0.717) is 22.2 Å². The number of fused-ring (bicyclic) bond motifs is 1. The van der Waals surface area contributed by atoms with Gasteiger partial charge in [0.05, 0.1) is 32.1 Å². The van der Waals surface area contributed by atoms with Gasteiger partial charge in [-0.15, -0.1) is 0 Å². The number of benzene rings is 2. The summed E-state index contributed by atoms with van der Waals surface area (Å²) >= 11 is 5.97. The normalized spacial score (nSPS) is 15.8. The Bertz CT molecular complexity index is 998. The number of halogens is 1. The molecule has 0 radical (unpaired) electrons. The molecule has 0 spiro atoms. The van der Waals surface area contributed by atoms with E-state index in [1.165, 1.54) is 6.07 Å². The Balaban J connectivity index is 1.60. The monoisotopic (exact) mass is 440 g/mol. The molecule has 0 aromatic heterocycles. The number of hydrogen-bond donors (Lipinski definition) is 1. The van der Waals surface area contributed by atoms with Crippen LogP contribution in [-0.4, -0.2) is 53.5 Å². The third-order valence-corrected chi connectivity index (χ3v) is 5.58. The highest BCUT2D eigenvalue weighted by atomic mass is 35.5. The van der Waals surface area contributed by atoms with Gasteiger partial charge >= 0.3 is 0 Å². The van der Waals surface area contributed by atoms with Crippen molar-refractivity contribution in [3.8, 4) is 17.2 Å². The third-order valence-electron chi connectivity index (χ3n) is 4.19. The molecule has 1 aliphatic rings. The predicted octanol–water partition coefficient (Wildman–Crippen LogP) is 2.07. The van der Waals surface area contributed by atoms with Crippen LogP contribution in [0.5, 0.6) is 17.2 Å². The zero-order valence-corrected chi connectivity index (χ0v) is 17.5. The smallest absolute Gasteiger partial charge is 0.263 e. The molecule has 0 saturated heterocycles. The van der Waals surface area contributed by atoms with E-state index in [1.54, 1.807) is 43.5 Å². The maximum absolute atomic E-state index is 12.5. The first-order valence-electron chi connectivity index (χ1n) is 8.76. The molecule has 0 aliphatic carbocycles. The average Bonchev–Trinajstić information content (AvgIpc) is 2.69. The summed E-state index contributed by atoms with van der Waals surface area (Å²) in [7, 11) is -2.05. The van der Waals surface area contributed by atoms with Gasteiger partial charge < -0.3 is 19.5 Å². The summed E-state index contributed by atoms with van der Waals surface area (Å²) in [4.78, 5) is 12.5. The van der Waals surface area contributed by atoms with E-state index >= 15 is 0 Å². The Morgan fingerprint density at radius 3 is 2.76 bits per heavy atom. The van der Waals surface area contributed by atoms with Crippen LogP contribution in [0.25, 0.3) is 0 Å². The minimum atomic E-state index is -3.61. The molecule has 29 heavy (non-hydrogen) atoms. The predicted molar refractivity (Wildman–Crippen MR) is 110 cm³/mol. The minimum absolute atomic E-state index is 0.144. The summed E-state index contributed by atoms with van der Waals surface area (Å²) < 4.78 is 41.8. The lowest BCUT2D eigenvalue weighted by Gasteiger charge is -2.34. The summed E-state index contributed by atoms with van der Waals surface area (Å²) in [6.07, 6.45) is 0.0789. The van der Waals surface area contributed by atoms with Crippen LogP contribution in [0.4, 0.5) is 5.69 Å². The van der Waals surface area contributed by atoms with Gasteiger partial charge in [-0.1, -0.05) is 17.7 Å². The number of carbonyl (C=O) groups is 1. The van der Waals surface area contributed by atoms with Crippen molar-refractivity contribution in [2.75, 3.05) is 37.4 Å². The molecule has 1 heterocycles. The molecular weight excluding hydrogens is 420 g/mol. The number of anilines is 1. The number of ether oxygens (including phenoxy) is 3. The number of methoxy groups -OCH3 is 1. The highest BCUT2D eigenvalue weighted by Crippen LogP contribution is 2.37. The fourth-order valence-electron chi connectivity index (χ4n) is 2.82. The Morgan fingerprint density at radius 2 is 2.03 bits per heavy atom. The van der Waals surface area contributed by atoms with Gasteiger partial charge in [-0.3, -0.25) is 9.10 Å². The molecule has 8 nitrogen and oxygen atoms in total. The van der Waals surface area contributed by atoms with Gasteiger partial charge in [0.1, 0.15) is 23.9 Å². The zero-order chi connectivity index (χ0) is 21.0. The van der Waals surface area contributed by atoms with Crippen molar-refractivity contribution in [1.29, 1.82) is 0 Å². The molecule has 0 saturated carbocycles. The van der Waals surface area contributed by atoms with Crippen molar-refractivity contribution in [2.24, 2.45) is 0 Å². The van der Waals surface area contributed by atoms with Crippen LogP contribution in [-0.2, 0) is 14.8 Å². The molecule has 10 heteroatoms. The number of nitrogens with zero attached hydrogens (tertiary/aromatic N) is 1. The number of rotatable bonds is 7. The highest BCUT2D eigenvalue weighted by molar-refractivity contribution is 7.92. The summed E-state index contributed by atoms with van der Waals surface area (Å²) in [6, 6.07) is 11.7. The third kappa shape index (κ3) is 5.24. The Morgan fingerprint density at radius 1 is 1.28 bits per heavy atom. The van der Waals surface area contributed by atoms with Crippen LogP contribution < -0.4 is 23.8 Å². The van der Waals surface area contributed by atoms with Crippen molar-refractivity contribution in [3.05, 3.63) is 47.5 Å². The zero-order valence-electron chi connectivity index (χ0n) is 15.9. The molecule has 2 aromatic carbocycles. The first-order chi connectivity index (χ1) is 13.8. The van der Waals surface area contributed by atoms with E-state index in [9.17, 15) is 13.2 Å². The number of carbonyl (C=O) groups excluding carboxylic acids is 1. The lowest BCUT2D eigenvalue weighted by atomic mass is 10.2. The van der Waals surface area contributed by atoms with Crippen LogP contribution >= 0.6 is 11.6 Å². The van der Waals surface area contributed by atoms with Crippen LogP contribution in [0.3, 0.4) is 0 Å². The lowest BCUT2D eigenvalue weighted by molar-refractivity contribution is -0.127. The van der Waals surface area contributed by atoms with E-state index in [-0.39, 0.29) is 25.4 Å². The Kier molecular flexibility index (Phi) is 6.39. The average molecular weight is 441 g/mol. The molecule has 2 aromatic rings. The van der Waals surface area contributed by atoms with Gasteiger partial charge in [0, 0.05) is 11.1 Å². The summed E-state index contributed by atoms with van der Waals surface area (Å²) in [5.74, 6) is 1.12. The fraction of sp³-hybridized carbons (Fsp3) is 0.316. The van der Waals surface area contributed by atoms with Crippen LogP contribution in [0.1, 0.15) is 0 Å². The molecule has 0 fully saturated rings. The summed E-state index contributed by atoms with van der Waals surface area (Å²) in [5.41, 5.74) is 0.311. The number of hydrogen-bond acceptors (Lipinski definition) is 6. The molecule has 0 unspecified atom stereocenters. The second kappa shape index (κ2) is 8.79. The summed E-state index contributed by atoms with van der Waals surface area (Å²) in [5, 5.41) is 3.07. The lowest BCUT2D eigenvalue weighted by Crippen LogP contribution is -2.51. The highest BCUT2D eigenvalue weighted by Gasteiger charge is 2.35. The van der Waals surface area contributed by atoms with Crippen LogP contribution in [0.2, 0.25) is 5.02 Å². The maximum Gasteiger partial charge on any atom is 0.263 e. The first-order valence-corrected chi connectivity index (χ1v) is 11.0. The van der Waals surface area contributed by atoms with Crippen LogP contribution in [0.15, 0.2) is 42.5 Å². The van der Waals surface area contributed by atoms with E-state index in [4.69, 9.17) is 25.8 Å². The van der Waals surface area contributed by atoms with Gasteiger partial charge in [-0.25, -0.2) is 8.42 Å². The second-order valence-electron chi connectivity index (χ2n) is 6.33. The van der Waals surface area contributed by atoms with Gasteiger partial charge in [-0.2, -0.15) is 0 Å².